The van der Waals surface area contributed by atoms with Crippen LogP contribution in [0.2, 0.25) is 10.0 Å². The van der Waals surface area contributed by atoms with Gasteiger partial charge in [-0.05, 0) is 44.6 Å². The van der Waals surface area contributed by atoms with E-state index in [4.69, 9.17) is 27.9 Å². The number of ether oxygens (including phenoxy) is 1. The van der Waals surface area contributed by atoms with Crippen molar-refractivity contribution >= 4 is 40.7 Å². The van der Waals surface area contributed by atoms with E-state index >= 15 is 0 Å². The molecule has 5 atom stereocenters. The largest absolute Gasteiger partial charge is 0.598 e. The van der Waals surface area contributed by atoms with Crippen LogP contribution < -0.4 is 9.46 Å². The van der Waals surface area contributed by atoms with Crippen LogP contribution in [0.15, 0.2) is 24.8 Å². The van der Waals surface area contributed by atoms with Gasteiger partial charge in [-0.3, -0.25) is 0 Å². The Morgan fingerprint density at radius 2 is 2.00 bits per heavy atom. The topological polar surface area (TPSA) is 84.9 Å². The molecule has 2 aliphatic rings. The molecule has 6 nitrogen and oxygen atoms in total. The first-order valence-electron chi connectivity index (χ1n) is 9.43. The third-order valence-electron chi connectivity index (χ3n) is 5.45. The number of fused-ring (bicyclic) bond motifs is 1. The molecule has 1 amide bonds. The fourth-order valence-electron chi connectivity index (χ4n) is 3.93. The van der Waals surface area contributed by atoms with Crippen molar-refractivity contribution in [1.82, 2.24) is 9.62 Å². The van der Waals surface area contributed by atoms with Gasteiger partial charge in [0.05, 0.1) is 16.1 Å². The van der Waals surface area contributed by atoms with E-state index in [1.807, 2.05) is 20.8 Å². The van der Waals surface area contributed by atoms with Crippen molar-refractivity contribution in [3.8, 4) is 5.75 Å². The summed E-state index contributed by atoms with van der Waals surface area (Å²) in [6.07, 6.45) is 0.738. The zero-order chi connectivity index (χ0) is 21.5. The number of halogens is 2. The van der Waals surface area contributed by atoms with Gasteiger partial charge in [-0.2, -0.15) is 0 Å². The van der Waals surface area contributed by atoms with Crippen molar-refractivity contribution in [2.24, 2.45) is 17.8 Å². The molecule has 0 bridgehead atoms. The molecule has 9 heteroatoms. The molecule has 1 aliphatic carbocycles. The van der Waals surface area contributed by atoms with Crippen molar-refractivity contribution < 1.29 is 19.2 Å². The maximum atomic E-state index is 12.9. The molecular weight excluding hydrogens is 435 g/mol. The summed E-state index contributed by atoms with van der Waals surface area (Å²) in [6, 6.07) is 3.12. The van der Waals surface area contributed by atoms with Gasteiger partial charge < -0.3 is 19.3 Å². The second-order valence-electron chi connectivity index (χ2n) is 8.47. The third-order valence-corrected chi connectivity index (χ3v) is 7.75. The van der Waals surface area contributed by atoms with Gasteiger partial charge in [0, 0.05) is 36.1 Å². The highest BCUT2D eigenvalue weighted by Gasteiger charge is 2.61. The van der Waals surface area contributed by atoms with Crippen LogP contribution in [0.4, 0.5) is 4.79 Å². The number of carboxylic acid groups (broad SMARTS) is 1. The van der Waals surface area contributed by atoms with E-state index in [0.717, 1.165) is 5.56 Å². The molecule has 1 aliphatic heterocycles. The molecule has 0 aromatic heterocycles. The zero-order valence-electron chi connectivity index (χ0n) is 16.7. The minimum absolute atomic E-state index is 0.139. The van der Waals surface area contributed by atoms with Gasteiger partial charge in [-0.25, -0.2) is 4.79 Å². The lowest BCUT2D eigenvalue weighted by atomic mass is 9.99. The van der Waals surface area contributed by atoms with Crippen LogP contribution in [0.3, 0.4) is 0 Å². The summed E-state index contributed by atoms with van der Waals surface area (Å²) in [5.41, 5.74) is 0.778. The fourth-order valence-corrected chi connectivity index (χ4v) is 5.12. The van der Waals surface area contributed by atoms with Crippen LogP contribution in [0, 0.1) is 17.8 Å². The van der Waals surface area contributed by atoms with Gasteiger partial charge >= 0.3 is 6.09 Å². The molecule has 0 spiro atoms. The smallest absolute Gasteiger partial charge is 0.407 e. The quantitative estimate of drug-likeness (QED) is 0.461. The van der Waals surface area contributed by atoms with E-state index in [1.54, 1.807) is 18.2 Å². The van der Waals surface area contributed by atoms with Crippen molar-refractivity contribution in [3.63, 3.8) is 0 Å². The number of piperidine rings is 1. The van der Waals surface area contributed by atoms with Gasteiger partial charge in [-0.15, -0.1) is 4.72 Å². The van der Waals surface area contributed by atoms with Crippen LogP contribution in [0.1, 0.15) is 32.4 Å². The molecule has 0 radical (unpaired) electrons. The van der Waals surface area contributed by atoms with E-state index in [0.29, 0.717) is 35.5 Å². The predicted octanol–water partition coefficient (Wildman–Crippen LogP) is 4.51. The molecule has 29 heavy (non-hydrogen) atoms. The number of benzene rings is 1. The Morgan fingerprint density at radius 3 is 2.52 bits per heavy atom. The van der Waals surface area contributed by atoms with Crippen molar-refractivity contribution in [2.75, 3.05) is 19.7 Å². The molecule has 3 unspecified atom stereocenters. The van der Waals surface area contributed by atoms with Gasteiger partial charge in [0.15, 0.2) is 0 Å². The second-order valence-corrected chi connectivity index (χ2v) is 11.3. The molecule has 2 N–H and O–H groups in total. The van der Waals surface area contributed by atoms with Crippen LogP contribution in [-0.4, -0.2) is 45.1 Å². The summed E-state index contributed by atoms with van der Waals surface area (Å²) in [5.74, 6) is 1.12. The highest BCUT2D eigenvalue weighted by molar-refractivity contribution is 7.90. The second kappa shape index (κ2) is 8.55. The van der Waals surface area contributed by atoms with Crippen LogP contribution in [0.25, 0.3) is 0 Å². The van der Waals surface area contributed by atoms with Crippen molar-refractivity contribution in [3.05, 3.63) is 40.4 Å². The number of amides is 1. The molecule has 1 aromatic rings. The summed E-state index contributed by atoms with van der Waals surface area (Å²) in [5, 5.41) is 10.0. The van der Waals surface area contributed by atoms with E-state index in [9.17, 15) is 14.5 Å². The number of nitrogens with zero attached hydrogens (tertiary/aromatic N) is 1. The van der Waals surface area contributed by atoms with Crippen LogP contribution in [-0.2, 0) is 11.4 Å². The number of nitrogens with one attached hydrogen (secondary N) is 1. The molecule has 2 fully saturated rings. The van der Waals surface area contributed by atoms with E-state index in [-0.39, 0.29) is 23.8 Å². The Labute approximate surface area is 184 Å². The van der Waals surface area contributed by atoms with E-state index in [2.05, 4.69) is 11.3 Å². The third kappa shape index (κ3) is 4.80. The minimum atomic E-state index is -1.33. The Bertz CT molecular complexity index is 789. The highest BCUT2D eigenvalue weighted by atomic mass is 35.5. The average molecular weight is 461 g/mol. The average Bonchev–Trinajstić information content (AvgIpc) is 3.10. The SMILES string of the molecule is C=CCOc1cc(Cl)c(Cl)cc1C(N[S+]([O-])C(C)(C)C)C1[C@H]2CN(C(=O)O)C[C@@H]12. The molecule has 1 saturated carbocycles. The van der Waals surface area contributed by atoms with Gasteiger partial charge in [-0.1, -0.05) is 35.9 Å². The maximum Gasteiger partial charge on any atom is 0.407 e. The first-order chi connectivity index (χ1) is 13.5. The zero-order valence-corrected chi connectivity index (χ0v) is 19.0. The number of hydrogen-bond acceptors (Lipinski definition) is 4. The van der Waals surface area contributed by atoms with Crippen molar-refractivity contribution in [1.29, 1.82) is 0 Å². The molecule has 1 aromatic carbocycles. The maximum absolute atomic E-state index is 12.9. The molecule has 1 saturated heterocycles. The van der Waals surface area contributed by atoms with Gasteiger partial charge in [0.25, 0.3) is 0 Å². The Kier molecular flexibility index (Phi) is 6.65. The summed E-state index contributed by atoms with van der Waals surface area (Å²) in [6.45, 7) is 10.6. The van der Waals surface area contributed by atoms with Crippen LogP contribution in [0.5, 0.6) is 5.75 Å². The van der Waals surface area contributed by atoms with E-state index in [1.165, 1.54) is 4.90 Å². The molecule has 1 heterocycles. The Hall–Kier alpha value is -1.12. The van der Waals surface area contributed by atoms with Gasteiger partial charge in [0.2, 0.25) is 0 Å². The van der Waals surface area contributed by atoms with Crippen molar-refractivity contribution in [2.45, 2.75) is 31.6 Å². The predicted molar refractivity (Wildman–Crippen MR) is 116 cm³/mol. The normalized spacial score (nSPS) is 25.3. The lowest BCUT2D eigenvalue weighted by Gasteiger charge is -2.30. The van der Waals surface area contributed by atoms with Crippen LogP contribution >= 0.6 is 23.2 Å². The standard InChI is InChI=1S/C20H26Cl2N2O4S/c1-5-6-28-16-8-15(22)14(21)7-11(16)18(23-29(27)20(2,3)4)17-12-9-24(19(25)26)10-13(12)17/h5,7-8,12-13,17-18,23H,1,6,9-10H2,2-4H3,(H,25,26)/t12-,13+,17?,18?,29?. The molecule has 160 valence electrons. The lowest BCUT2D eigenvalue weighted by molar-refractivity contribution is 0.147. The first kappa shape index (κ1) is 22.6. The molecular formula is C20H26Cl2N2O4S. The Morgan fingerprint density at radius 1 is 1.41 bits per heavy atom. The van der Waals surface area contributed by atoms with Gasteiger partial charge in [0.1, 0.15) is 17.1 Å². The highest BCUT2D eigenvalue weighted by Crippen LogP contribution is 2.59. The monoisotopic (exact) mass is 460 g/mol. The summed E-state index contributed by atoms with van der Waals surface area (Å²) >= 11 is 11.2. The van der Waals surface area contributed by atoms with E-state index < -0.39 is 22.2 Å². The number of carbonyl (C=O) groups is 1. The number of hydrogen-bond donors (Lipinski definition) is 2. The summed E-state index contributed by atoms with van der Waals surface area (Å²) < 4.78 is 21.6. The molecule has 3 rings (SSSR count). The summed E-state index contributed by atoms with van der Waals surface area (Å²) in [7, 11) is 0. The number of likely N-dealkylation sites (tertiary alicyclic amines) is 1. The number of rotatable bonds is 7. The lowest BCUT2D eigenvalue weighted by Crippen LogP contribution is -2.43. The summed E-state index contributed by atoms with van der Waals surface area (Å²) in [4.78, 5) is 12.7. The first-order valence-corrected chi connectivity index (χ1v) is 11.3. The fraction of sp³-hybridized carbons (Fsp3) is 0.550. The minimum Gasteiger partial charge on any atom is -0.598 e. The Balaban J connectivity index is 1.93.